The summed E-state index contributed by atoms with van der Waals surface area (Å²) in [5, 5.41) is 0.401. The summed E-state index contributed by atoms with van der Waals surface area (Å²) >= 11 is 6.02. The molecule has 1 heterocycles. The fourth-order valence-electron chi connectivity index (χ4n) is 1.80. The van der Waals surface area contributed by atoms with E-state index in [1.54, 1.807) is 18.2 Å². The number of carbonyl (C=O) groups excluding carboxylic acids is 1. The predicted octanol–water partition coefficient (Wildman–Crippen LogP) is 1.65. The van der Waals surface area contributed by atoms with E-state index >= 15 is 0 Å². The van der Waals surface area contributed by atoms with Crippen molar-refractivity contribution < 1.29 is 17.9 Å². The smallest absolute Gasteiger partial charge is 0.157 e. The van der Waals surface area contributed by atoms with E-state index in [-0.39, 0.29) is 23.4 Å². The highest BCUT2D eigenvalue weighted by molar-refractivity contribution is 7.92. The quantitative estimate of drug-likeness (QED) is 0.845. The number of hydrogen-bond acceptors (Lipinski definition) is 4. The van der Waals surface area contributed by atoms with Gasteiger partial charge < -0.3 is 4.74 Å². The van der Waals surface area contributed by atoms with E-state index in [9.17, 15) is 13.2 Å². The fourth-order valence-corrected chi connectivity index (χ4v) is 3.22. The zero-order chi connectivity index (χ0) is 13.3. The summed E-state index contributed by atoms with van der Waals surface area (Å²) in [5.74, 6) is 0.602. The van der Waals surface area contributed by atoms with Crippen LogP contribution in [-0.4, -0.2) is 31.8 Å². The van der Waals surface area contributed by atoms with Gasteiger partial charge in [0.2, 0.25) is 0 Å². The lowest BCUT2D eigenvalue weighted by Crippen LogP contribution is -2.45. The lowest BCUT2D eigenvalue weighted by Gasteiger charge is -2.26. The second-order valence-corrected chi connectivity index (χ2v) is 7.02. The van der Waals surface area contributed by atoms with Gasteiger partial charge >= 0.3 is 0 Å². The highest BCUT2D eigenvalue weighted by Gasteiger charge is 2.35. The van der Waals surface area contributed by atoms with Gasteiger partial charge in [-0.05, 0) is 24.6 Å². The minimum atomic E-state index is -2.90. The molecule has 1 aliphatic rings. The third-order valence-electron chi connectivity index (χ3n) is 2.62. The Morgan fingerprint density at radius 3 is 2.61 bits per heavy atom. The topological polar surface area (TPSA) is 60.4 Å². The highest BCUT2D eigenvalue weighted by Crippen LogP contribution is 2.28. The number of benzene rings is 1. The lowest BCUT2D eigenvalue weighted by molar-refractivity contribution is -0.116. The third-order valence-corrected chi connectivity index (χ3v) is 4.68. The van der Waals surface area contributed by atoms with E-state index in [1.807, 2.05) is 0 Å². The van der Waals surface area contributed by atoms with Gasteiger partial charge in [-0.2, -0.15) is 0 Å². The second-order valence-electron chi connectivity index (χ2n) is 4.46. The van der Waals surface area contributed by atoms with Gasteiger partial charge in [-0.1, -0.05) is 17.7 Å². The van der Waals surface area contributed by atoms with E-state index in [0.717, 1.165) is 5.56 Å². The molecule has 0 amide bonds. The summed E-state index contributed by atoms with van der Waals surface area (Å²) in [6.07, 6.45) is 0.0174. The molecular weight excluding hydrogens is 276 g/mol. The Labute approximate surface area is 111 Å². The van der Waals surface area contributed by atoms with Crippen molar-refractivity contribution in [3.8, 4) is 5.75 Å². The molecule has 98 valence electrons. The molecule has 0 saturated carbocycles. The minimum absolute atomic E-state index is 0.0402. The van der Waals surface area contributed by atoms with Crippen LogP contribution >= 0.6 is 11.6 Å². The number of carbonyl (C=O) groups is 1. The minimum Gasteiger partial charge on any atom is -0.487 e. The molecule has 1 aromatic rings. The number of hydrogen-bond donors (Lipinski definition) is 0. The molecular formula is C12H13ClO4S. The summed E-state index contributed by atoms with van der Waals surface area (Å²) in [4.78, 5) is 11.0. The van der Waals surface area contributed by atoms with E-state index in [1.165, 1.54) is 6.92 Å². The van der Waals surface area contributed by atoms with Crippen molar-refractivity contribution in [2.75, 3.05) is 11.5 Å². The second kappa shape index (κ2) is 4.90. The third kappa shape index (κ3) is 3.23. The molecule has 0 unspecified atom stereocenters. The largest absolute Gasteiger partial charge is 0.487 e. The van der Waals surface area contributed by atoms with Gasteiger partial charge in [-0.25, -0.2) is 8.42 Å². The fraction of sp³-hybridized carbons (Fsp3) is 0.417. The van der Waals surface area contributed by atoms with Crippen LogP contribution in [0.4, 0.5) is 0 Å². The molecule has 6 heteroatoms. The van der Waals surface area contributed by atoms with E-state index in [2.05, 4.69) is 0 Å². The van der Waals surface area contributed by atoms with Gasteiger partial charge in [0.1, 0.15) is 17.6 Å². The van der Waals surface area contributed by atoms with Gasteiger partial charge in [0, 0.05) is 6.42 Å². The number of rotatable bonds is 4. The Bertz CT molecular complexity index is 568. The average molecular weight is 289 g/mol. The number of ketones is 1. The van der Waals surface area contributed by atoms with Crippen molar-refractivity contribution in [3.63, 3.8) is 0 Å². The average Bonchev–Trinajstić information content (AvgIpc) is 2.18. The van der Waals surface area contributed by atoms with Crippen LogP contribution < -0.4 is 4.74 Å². The molecule has 1 aliphatic heterocycles. The molecule has 1 aromatic carbocycles. The Hall–Kier alpha value is -1.07. The summed E-state index contributed by atoms with van der Waals surface area (Å²) in [6, 6.07) is 5.10. The number of halogens is 1. The van der Waals surface area contributed by atoms with Crippen LogP contribution in [0.3, 0.4) is 0 Å². The summed E-state index contributed by atoms with van der Waals surface area (Å²) < 4.78 is 27.5. The van der Waals surface area contributed by atoms with Crippen LogP contribution in [-0.2, 0) is 21.1 Å². The maximum atomic E-state index is 11.0. The van der Waals surface area contributed by atoms with Crippen molar-refractivity contribution >= 4 is 27.2 Å². The van der Waals surface area contributed by atoms with E-state index in [4.69, 9.17) is 16.3 Å². The van der Waals surface area contributed by atoms with Crippen molar-refractivity contribution in [2.24, 2.45) is 0 Å². The SMILES string of the molecule is CC(=O)Cc1ccc(OC2CS(=O)(=O)C2)c(Cl)c1. The first-order valence-electron chi connectivity index (χ1n) is 5.51. The molecule has 2 rings (SSSR count). The lowest BCUT2D eigenvalue weighted by atomic mass is 10.1. The van der Waals surface area contributed by atoms with Gasteiger partial charge in [0.05, 0.1) is 16.5 Å². The number of sulfone groups is 1. The Balaban J connectivity index is 2.04. The Kier molecular flexibility index (Phi) is 3.64. The normalized spacial score (nSPS) is 18.1. The van der Waals surface area contributed by atoms with Crippen LogP contribution in [0.15, 0.2) is 18.2 Å². The van der Waals surface area contributed by atoms with Crippen LogP contribution in [0.5, 0.6) is 5.75 Å². The molecule has 0 N–H and O–H groups in total. The molecule has 0 bridgehead atoms. The van der Waals surface area contributed by atoms with Crippen LogP contribution in [0, 0.1) is 0 Å². The van der Waals surface area contributed by atoms with Crippen molar-refractivity contribution in [2.45, 2.75) is 19.4 Å². The molecule has 0 aliphatic carbocycles. The first-order valence-corrected chi connectivity index (χ1v) is 7.70. The molecule has 18 heavy (non-hydrogen) atoms. The predicted molar refractivity (Wildman–Crippen MR) is 68.9 cm³/mol. The van der Waals surface area contributed by atoms with Crippen LogP contribution in [0.1, 0.15) is 12.5 Å². The standard InChI is InChI=1S/C12H13ClO4S/c1-8(14)4-9-2-3-12(11(13)5-9)17-10-6-18(15,16)7-10/h2-3,5,10H,4,6-7H2,1H3. The molecule has 4 nitrogen and oxygen atoms in total. The first-order chi connectivity index (χ1) is 8.35. The van der Waals surface area contributed by atoms with E-state index < -0.39 is 9.84 Å². The molecule has 1 saturated heterocycles. The van der Waals surface area contributed by atoms with Crippen molar-refractivity contribution in [3.05, 3.63) is 28.8 Å². The summed E-state index contributed by atoms with van der Waals surface area (Å²) in [6.45, 7) is 1.51. The van der Waals surface area contributed by atoms with Gasteiger partial charge in [-0.15, -0.1) is 0 Å². The Morgan fingerprint density at radius 2 is 2.11 bits per heavy atom. The van der Waals surface area contributed by atoms with Gasteiger partial charge in [0.25, 0.3) is 0 Å². The molecule has 0 atom stereocenters. The molecule has 0 spiro atoms. The maximum Gasteiger partial charge on any atom is 0.157 e. The van der Waals surface area contributed by atoms with Crippen molar-refractivity contribution in [1.29, 1.82) is 0 Å². The maximum absolute atomic E-state index is 11.0. The van der Waals surface area contributed by atoms with Crippen LogP contribution in [0.25, 0.3) is 0 Å². The van der Waals surface area contributed by atoms with Gasteiger partial charge in [-0.3, -0.25) is 4.79 Å². The number of Topliss-reactive ketones (excluding diaryl/α,β-unsaturated/α-hetero) is 1. The highest BCUT2D eigenvalue weighted by atomic mass is 35.5. The van der Waals surface area contributed by atoms with Gasteiger partial charge in [0.15, 0.2) is 9.84 Å². The zero-order valence-corrected chi connectivity index (χ0v) is 11.4. The molecule has 0 radical (unpaired) electrons. The first kappa shape index (κ1) is 13.4. The molecule has 1 fully saturated rings. The van der Waals surface area contributed by atoms with E-state index in [0.29, 0.717) is 17.2 Å². The number of ether oxygens (including phenoxy) is 1. The monoisotopic (exact) mass is 288 g/mol. The summed E-state index contributed by atoms with van der Waals surface area (Å²) in [5.41, 5.74) is 0.820. The molecule has 0 aromatic heterocycles. The Morgan fingerprint density at radius 1 is 1.44 bits per heavy atom. The van der Waals surface area contributed by atoms with Crippen molar-refractivity contribution in [1.82, 2.24) is 0 Å². The van der Waals surface area contributed by atoms with Crippen LogP contribution in [0.2, 0.25) is 5.02 Å². The summed E-state index contributed by atoms with van der Waals surface area (Å²) in [7, 11) is -2.90. The zero-order valence-electron chi connectivity index (χ0n) is 9.85.